The molecule has 0 amide bonds. The van der Waals surface area contributed by atoms with Crippen LogP contribution in [0.2, 0.25) is 0 Å². The van der Waals surface area contributed by atoms with Crippen LogP contribution in [-0.4, -0.2) is 25.3 Å². The molecule has 3 rings (SSSR count). The van der Waals surface area contributed by atoms with Crippen molar-refractivity contribution in [2.24, 2.45) is 0 Å². The van der Waals surface area contributed by atoms with E-state index in [9.17, 15) is 14.7 Å². The van der Waals surface area contributed by atoms with Gasteiger partial charge in [0.05, 0.1) is 19.6 Å². The third-order valence-electron chi connectivity index (χ3n) is 3.64. The van der Waals surface area contributed by atoms with Gasteiger partial charge < -0.3 is 19.0 Å². The van der Waals surface area contributed by atoms with Gasteiger partial charge in [-0.2, -0.15) is 0 Å². The van der Waals surface area contributed by atoms with Gasteiger partial charge in [0.2, 0.25) is 5.43 Å². The van der Waals surface area contributed by atoms with E-state index in [4.69, 9.17) is 13.9 Å². The maximum atomic E-state index is 12.8. The SMILES string of the molecule is COC(=O)c1c(OC)ccc2oc3cc(C)cc(O)c3c(=O)c12. The Morgan fingerprint density at radius 2 is 1.87 bits per heavy atom. The highest BCUT2D eigenvalue weighted by molar-refractivity contribution is 6.08. The van der Waals surface area contributed by atoms with Gasteiger partial charge in [-0.05, 0) is 36.8 Å². The zero-order valence-electron chi connectivity index (χ0n) is 12.8. The van der Waals surface area contributed by atoms with Crippen LogP contribution >= 0.6 is 0 Å². The average Bonchev–Trinajstić information content (AvgIpc) is 2.52. The Labute approximate surface area is 130 Å². The fraction of sp³-hybridized carbons (Fsp3) is 0.176. The van der Waals surface area contributed by atoms with Crippen molar-refractivity contribution in [1.82, 2.24) is 0 Å². The lowest BCUT2D eigenvalue weighted by Crippen LogP contribution is -2.12. The molecule has 0 atom stereocenters. The Hall–Kier alpha value is -3.02. The molecule has 0 fully saturated rings. The molecule has 2 aromatic carbocycles. The number of hydrogen-bond donors (Lipinski definition) is 1. The Bertz CT molecular complexity index is 1000. The minimum atomic E-state index is -0.717. The van der Waals surface area contributed by atoms with Gasteiger partial charge in [-0.1, -0.05) is 0 Å². The summed E-state index contributed by atoms with van der Waals surface area (Å²) in [5.41, 5.74) is 0.676. The predicted molar refractivity (Wildman–Crippen MR) is 84.3 cm³/mol. The summed E-state index contributed by atoms with van der Waals surface area (Å²) >= 11 is 0. The van der Waals surface area contributed by atoms with Crippen molar-refractivity contribution in [3.05, 3.63) is 45.6 Å². The Balaban J connectivity index is 2.58. The summed E-state index contributed by atoms with van der Waals surface area (Å²) in [5.74, 6) is -0.720. The van der Waals surface area contributed by atoms with E-state index in [-0.39, 0.29) is 39.0 Å². The van der Waals surface area contributed by atoms with Crippen LogP contribution in [0.3, 0.4) is 0 Å². The van der Waals surface area contributed by atoms with E-state index < -0.39 is 11.4 Å². The van der Waals surface area contributed by atoms with Crippen LogP contribution < -0.4 is 10.2 Å². The summed E-state index contributed by atoms with van der Waals surface area (Å²) in [5, 5.41) is 10.1. The van der Waals surface area contributed by atoms with E-state index in [1.54, 1.807) is 19.1 Å². The summed E-state index contributed by atoms with van der Waals surface area (Å²) in [6.45, 7) is 1.78. The molecule has 1 heterocycles. The number of fused-ring (bicyclic) bond motifs is 2. The second kappa shape index (κ2) is 5.31. The minimum Gasteiger partial charge on any atom is -0.507 e. The molecular weight excluding hydrogens is 300 g/mol. The number of ether oxygens (including phenoxy) is 2. The van der Waals surface area contributed by atoms with Crippen molar-refractivity contribution < 1.29 is 23.8 Å². The number of carbonyl (C=O) groups is 1. The first kappa shape index (κ1) is 14.9. The standard InChI is InChI=1S/C17H14O6/c1-8-6-9(18)13-12(7-8)23-11-5-4-10(21-2)15(17(20)22-3)14(11)16(13)19/h4-7,18H,1-3H3. The van der Waals surface area contributed by atoms with E-state index in [1.807, 2.05) is 0 Å². The lowest BCUT2D eigenvalue weighted by molar-refractivity contribution is 0.0599. The topological polar surface area (TPSA) is 86.0 Å². The highest BCUT2D eigenvalue weighted by Crippen LogP contribution is 2.31. The van der Waals surface area contributed by atoms with E-state index >= 15 is 0 Å². The van der Waals surface area contributed by atoms with Crippen LogP contribution in [-0.2, 0) is 4.74 Å². The molecule has 0 bridgehead atoms. The molecular formula is C17H14O6. The summed E-state index contributed by atoms with van der Waals surface area (Å²) in [4.78, 5) is 24.9. The monoisotopic (exact) mass is 314 g/mol. The third-order valence-corrected chi connectivity index (χ3v) is 3.64. The first-order chi connectivity index (χ1) is 11.0. The lowest BCUT2D eigenvalue weighted by Gasteiger charge is -2.11. The molecule has 0 radical (unpaired) electrons. The molecule has 6 heteroatoms. The van der Waals surface area contributed by atoms with Gasteiger partial charge >= 0.3 is 5.97 Å². The van der Waals surface area contributed by atoms with Crippen LogP contribution in [0.25, 0.3) is 21.9 Å². The van der Waals surface area contributed by atoms with Crippen molar-refractivity contribution >= 4 is 27.9 Å². The Morgan fingerprint density at radius 3 is 2.52 bits per heavy atom. The highest BCUT2D eigenvalue weighted by atomic mass is 16.5. The summed E-state index contributed by atoms with van der Waals surface area (Å²) in [6, 6.07) is 6.18. The Morgan fingerprint density at radius 1 is 1.13 bits per heavy atom. The quantitative estimate of drug-likeness (QED) is 0.578. The number of benzene rings is 2. The summed E-state index contributed by atoms with van der Waals surface area (Å²) in [7, 11) is 2.60. The molecule has 0 spiro atoms. The number of phenols is 1. The zero-order valence-corrected chi connectivity index (χ0v) is 12.8. The molecule has 3 aromatic rings. The predicted octanol–water partition coefficient (Wildman–Crippen LogP) is 2.76. The minimum absolute atomic E-state index is 0.0153. The number of methoxy groups -OCH3 is 2. The molecule has 1 N–H and O–H groups in total. The van der Waals surface area contributed by atoms with Gasteiger partial charge in [0.15, 0.2) is 0 Å². The summed E-state index contributed by atoms with van der Waals surface area (Å²) in [6.07, 6.45) is 0. The van der Waals surface area contributed by atoms with Gasteiger partial charge in [0, 0.05) is 0 Å². The molecule has 0 aliphatic heterocycles. The van der Waals surface area contributed by atoms with Crippen LogP contribution in [0.1, 0.15) is 15.9 Å². The van der Waals surface area contributed by atoms with E-state index in [0.717, 1.165) is 5.56 Å². The van der Waals surface area contributed by atoms with Gasteiger partial charge in [-0.3, -0.25) is 4.79 Å². The van der Waals surface area contributed by atoms with Crippen molar-refractivity contribution in [1.29, 1.82) is 0 Å². The smallest absolute Gasteiger partial charge is 0.342 e. The molecule has 6 nitrogen and oxygen atoms in total. The number of aromatic hydroxyl groups is 1. The molecule has 0 aliphatic carbocycles. The fourth-order valence-electron chi connectivity index (χ4n) is 2.64. The molecule has 0 aliphatic rings. The van der Waals surface area contributed by atoms with E-state index in [0.29, 0.717) is 0 Å². The fourth-order valence-corrected chi connectivity index (χ4v) is 2.64. The van der Waals surface area contributed by atoms with Gasteiger partial charge in [0.1, 0.15) is 33.6 Å². The van der Waals surface area contributed by atoms with Crippen LogP contribution in [0, 0.1) is 6.92 Å². The van der Waals surface area contributed by atoms with Gasteiger partial charge in [-0.25, -0.2) is 4.79 Å². The third kappa shape index (κ3) is 2.19. The van der Waals surface area contributed by atoms with E-state index in [2.05, 4.69) is 0 Å². The first-order valence-electron chi connectivity index (χ1n) is 6.83. The second-order valence-electron chi connectivity index (χ2n) is 5.10. The van der Waals surface area contributed by atoms with Crippen molar-refractivity contribution in [2.75, 3.05) is 14.2 Å². The normalized spacial score (nSPS) is 10.9. The number of carbonyl (C=O) groups excluding carboxylic acids is 1. The largest absolute Gasteiger partial charge is 0.507 e. The first-order valence-corrected chi connectivity index (χ1v) is 6.83. The number of hydrogen-bond acceptors (Lipinski definition) is 6. The second-order valence-corrected chi connectivity index (χ2v) is 5.10. The lowest BCUT2D eigenvalue weighted by atomic mass is 10.0. The molecule has 118 valence electrons. The van der Waals surface area contributed by atoms with Crippen molar-refractivity contribution in [3.63, 3.8) is 0 Å². The maximum Gasteiger partial charge on any atom is 0.342 e. The molecule has 1 aromatic heterocycles. The average molecular weight is 314 g/mol. The number of esters is 1. The zero-order chi connectivity index (χ0) is 16.7. The van der Waals surface area contributed by atoms with Crippen LogP contribution in [0.15, 0.2) is 33.5 Å². The highest BCUT2D eigenvalue weighted by Gasteiger charge is 2.23. The van der Waals surface area contributed by atoms with E-state index in [1.165, 1.54) is 26.4 Å². The molecule has 0 unspecified atom stereocenters. The number of rotatable bonds is 2. The van der Waals surface area contributed by atoms with Gasteiger partial charge in [0.25, 0.3) is 0 Å². The molecule has 0 saturated heterocycles. The molecule has 23 heavy (non-hydrogen) atoms. The number of phenolic OH excluding ortho intramolecular Hbond substituents is 1. The van der Waals surface area contributed by atoms with Crippen LogP contribution in [0.4, 0.5) is 0 Å². The van der Waals surface area contributed by atoms with Gasteiger partial charge in [-0.15, -0.1) is 0 Å². The van der Waals surface area contributed by atoms with Crippen molar-refractivity contribution in [3.8, 4) is 11.5 Å². The van der Waals surface area contributed by atoms with Crippen LogP contribution in [0.5, 0.6) is 11.5 Å². The van der Waals surface area contributed by atoms with Crippen molar-refractivity contribution in [2.45, 2.75) is 6.92 Å². The maximum absolute atomic E-state index is 12.8. The Kier molecular flexibility index (Phi) is 3.44. The summed E-state index contributed by atoms with van der Waals surface area (Å²) < 4.78 is 15.6. The number of aryl methyl sites for hydroxylation is 1. The molecule has 0 saturated carbocycles.